The number of nitrogens with zero attached hydrogens (tertiary/aromatic N) is 1. The first kappa shape index (κ1) is 16.2. The molecule has 1 aliphatic rings. The summed E-state index contributed by atoms with van der Waals surface area (Å²) in [7, 11) is -3.56. The molecule has 1 saturated carbocycles. The highest BCUT2D eigenvalue weighted by Crippen LogP contribution is 2.28. The van der Waals surface area contributed by atoms with Crippen molar-refractivity contribution in [3.05, 3.63) is 0 Å². The molecule has 0 spiro atoms. The van der Waals surface area contributed by atoms with Gasteiger partial charge in [-0.05, 0) is 19.3 Å². The van der Waals surface area contributed by atoms with E-state index >= 15 is 0 Å². The summed E-state index contributed by atoms with van der Waals surface area (Å²) in [6.07, 6.45) is -3.08. The van der Waals surface area contributed by atoms with Gasteiger partial charge in [0.15, 0.2) is 0 Å². The van der Waals surface area contributed by atoms with Crippen LogP contribution in [0.4, 0.5) is 13.2 Å². The van der Waals surface area contributed by atoms with Crippen molar-refractivity contribution in [2.75, 3.05) is 17.6 Å². The van der Waals surface area contributed by atoms with Gasteiger partial charge in [0.1, 0.15) is 0 Å². The third-order valence-electron chi connectivity index (χ3n) is 3.01. The maximum atomic E-state index is 12.0. The third-order valence-corrected chi connectivity index (χ3v) is 5.36. The van der Waals surface area contributed by atoms with Crippen LogP contribution in [0.15, 0.2) is 0 Å². The Morgan fingerprint density at radius 3 is 2.28 bits per heavy atom. The maximum absolute atomic E-state index is 12.0. The first-order valence-electron chi connectivity index (χ1n) is 5.88. The largest absolute Gasteiger partial charge is 0.389 e. The van der Waals surface area contributed by atoms with Crippen LogP contribution in [-0.4, -0.2) is 42.6 Å². The molecular weight excluding hydrogens is 335 g/mol. The summed E-state index contributed by atoms with van der Waals surface area (Å²) in [5.74, 6) is -0.421. The van der Waals surface area contributed by atoms with E-state index in [-0.39, 0.29) is 12.5 Å². The lowest BCUT2D eigenvalue weighted by molar-refractivity contribution is -0.134. The highest BCUT2D eigenvalue weighted by Gasteiger charge is 2.34. The van der Waals surface area contributed by atoms with E-state index in [9.17, 15) is 21.6 Å². The zero-order valence-corrected chi connectivity index (χ0v) is 12.3. The average Bonchev–Trinajstić information content (AvgIpc) is 2.11. The van der Waals surface area contributed by atoms with Gasteiger partial charge in [-0.3, -0.25) is 0 Å². The zero-order valence-electron chi connectivity index (χ0n) is 9.92. The molecule has 8 heteroatoms. The van der Waals surface area contributed by atoms with Gasteiger partial charge in [0, 0.05) is 24.3 Å². The molecule has 0 radical (unpaired) electrons. The molecule has 0 atom stereocenters. The number of halogens is 4. The Kier molecular flexibility index (Phi) is 5.92. The molecule has 0 aliphatic heterocycles. The molecule has 0 N–H and O–H groups in total. The number of sulfonamides is 1. The van der Waals surface area contributed by atoms with Crippen LogP contribution >= 0.6 is 15.9 Å². The average molecular weight is 352 g/mol. The normalized spacial score (nSPS) is 18.1. The number of rotatable bonds is 7. The SMILES string of the molecule is O=S(=O)(CCCC(F)(F)F)N(CCBr)C1CCC1. The minimum Gasteiger partial charge on any atom is -0.212 e. The minimum absolute atomic E-state index is 0.0153. The molecular formula is C10H17BrF3NO2S. The minimum atomic E-state index is -4.29. The summed E-state index contributed by atoms with van der Waals surface area (Å²) in [5, 5.41) is 0.502. The van der Waals surface area contributed by atoms with E-state index in [1.807, 2.05) is 0 Å². The van der Waals surface area contributed by atoms with E-state index in [1.54, 1.807) is 0 Å². The number of hydrogen-bond donors (Lipinski definition) is 0. The summed E-state index contributed by atoms with van der Waals surface area (Å²) in [6, 6.07) is -0.0153. The topological polar surface area (TPSA) is 37.4 Å². The second-order valence-corrected chi connectivity index (χ2v) is 7.25. The molecule has 0 bridgehead atoms. The fourth-order valence-corrected chi connectivity index (χ4v) is 4.27. The maximum Gasteiger partial charge on any atom is 0.389 e. The summed E-state index contributed by atoms with van der Waals surface area (Å²) in [4.78, 5) is 0. The van der Waals surface area contributed by atoms with Gasteiger partial charge in [-0.25, -0.2) is 8.42 Å². The molecule has 0 aromatic heterocycles. The third kappa shape index (κ3) is 5.05. The van der Waals surface area contributed by atoms with E-state index in [4.69, 9.17) is 0 Å². The molecule has 18 heavy (non-hydrogen) atoms. The molecule has 0 saturated heterocycles. The summed E-state index contributed by atoms with van der Waals surface area (Å²) in [6.45, 7) is 0.332. The fourth-order valence-electron chi connectivity index (χ4n) is 1.88. The lowest BCUT2D eigenvalue weighted by atomic mass is 9.93. The molecule has 1 rings (SSSR count). The molecule has 1 fully saturated rings. The van der Waals surface area contributed by atoms with Crippen LogP contribution < -0.4 is 0 Å². The van der Waals surface area contributed by atoms with Crippen molar-refractivity contribution in [2.24, 2.45) is 0 Å². The Morgan fingerprint density at radius 2 is 1.89 bits per heavy atom. The Hall–Kier alpha value is 0.180. The van der Waals surface area contributed by atoms with Crippen LogP contribution in [0.3, 0.4) is 0 Å². The second-order valence-electron chi connectivity index (χ2n) is 4.42. The molecule has 3 nitrogen and oxygen atoms in total. The molecule has 1 aliphatic carbocycles. The van der Waals surface area contributed by atoms with Crippen molar-refractivity contribution in [3.8, 4) is 0 Å². The van der Waals surface area contributed by atoms with Crippen molar-refractivity contribution >= 4 is 26.0 Å². The highest BCUT2D eigenvalue weighted by molar-refractivity contribution is 9.09. The lowest BCUT2D eigenvalue weighted by Crippen LogP contribution is -2.46. The van der Waals surface area contributed by atoms with Crippen molar-refractivity contribution in [1.82, 2.24) is 4.31 Å². The van der Waals surface area contributed by atoms with Crippen molar-refractivity contribution in [2.45, 2.75) is 44.3 Å². The smallest absolute Gasteiger partial charge is 0.212 e. The standard InChI is InChI=1S/C10H17BrF3NO2S/c11-6-7-15(9-3-1-4-9)18(16,17)8-2-5-10(12,13)14/h9H,1-8H2. The van der Waals surface area contributed by atoms with Gasteiger partial charge in [-0.2, -0.15) is 17.5 Å². The predicted molar refractivity (Wildman–Crippen MR) is 67.2 cm³/mol. The Bertz CT molecular complexity index is 355. The zero-order chi connectivity index (χ0) is 13.8. The summed E-state index contributed by atoms with van der Waals surface area (Å²) in [5.41, 5.74) is 0. The second kappa shape index (κ2) is 6.56. The summed E-state index contributed by atoms with van der Waals surface area (Å²) >= 11 is 3.18. The van der Waals surface area contributed by atoms with E-state index < -0.39 is 28.4 Å². The van der Waals surface area contributed by atoms with E-state index in [1.165, 1.54) is 4.31 Å². The van der Waals surface area contributed by atoms with Gasteiger partial charge in [0.25, 0.3) is 0 Å². The fraction of sp³-hybridized carbons (Fsp3) is 1.00. The molecule has 0 unspecified atom stereocenters. The lowest BCUT2D eigenvalue weighted by Gasteiger charge is -2.36. The van der Waals surface area contributed by atoms with Crippen LogP contribution in [0.1, 0.15) is 32.1 Å². The number of alkyl halides is 4. The van der Waals surface area contributed by atoms with Crippen LogP contribution in [0.5, 0.6) is 0 Å². The van der Waals surface area contributed by atoms with Gasteiger partial charge in [-0.1, -0.05) is 22.4 Å². The van der Waals surface area contributed by atoms with E-state index in [0.717, 1.165) is 19.3 Å². The van der Waals surface area contributed by atoms with Crippen molar-refractivity contribution in [1.29, 1.82) is 0 Å². The van der Waals surface area contributed by atoms with Gasteiger partial charge in [-0.15, -0.1) is 0 Å². The van der Waals surface area contributed by atoms with Crippen LogP contribution in [0.2, 0.25) is 0 Å². The van der Waals surface area contributed by atoms with Gasteiger partial charge >= 0.3 is 6.18 Å². The summed E-state index contributed by atoms with van der Waals surface area (Å²) < 4.78 is 61.3. The van der Waals surface area contributed by atoms with Gasteiger partial charge < -0.3 is 0 Å². The Morgan fingerprint density at radius 1 is 1.28 bits per heavy atom. The van der Waals surface area contributed by atoms with Crippen LogP contribution in [-0.2, 0) is 10.0 Å². The Balaban J connectivity index is 2.53. The van der Waals surface area contributed by atoms with E-state index in [2.05, 4.69) is 15.9 Å². The molecule has 0 amide bonds. The monoisotopic (exact) mass is 351 g/mol. The molecule has 0 heterocycles. The first-order valence-corrected chi connectivity index (χ1v) is 8.61. The van der Waals surface area contributed by atoms with Gasteiger partial charge in [0.05, 0.1) is 5.75 Å². The molecule has 108 valence electrons. The quantitative estimate of drug-likeness (QED) is 0.661. The molecule has 0 aromatic rings. The first-order chi connectivity index (χ1) is 8.26. The predicted octanol–water partition coefficient (Wildman–Crippen LogP) is 2.91. The highest BCUT2D eigenvalue weighted by atomic mass is 79.9. The van der Waals surface area contributed by atoms with Gasteiger partial charge in [0.2, 0.25) is 10.0 Å². The van der Waals surface area contributed by atoms with Crippen LogP contribution in [0.25, 0.3) is 0 Å². The Labute approximate surface area is 114 Å². The van der Waals surface area contributed by atoms with E-state index in [0.29, 0.717) is 11.9 Å². The van der Waals surface area contributed by atoms with Crippen molar-refractivity contribution < 1.29 is 21.6 Å². The number of hydrogen-bond acceptors (Lipinski definition) is 2. The molecule has 0 aromatic carbocycles. The van der Waals surface area contributed by atoms with Crippen molar-refractivity contribution in [3.63, 3.8) is 0 Å². The van der Waals surface area contributed by atoms with Crippen LogP contribution in [0, 0.1) is 0 Å².